The second-order valence-corrected chi connectivity index (χ2v) is 6.75. The summed E-state index contributed by atoms with van der Waals surface area (Å²) >= 11 is 0. The van der Waals surface area contributed by atoms with Crippen molar-refractivity contribution in [1.82, 2.24) is 5.01 Å². The molecule has 2 amide bonds. The van der Waals surface area contributed by atoms with Gasteiger partial charge in [-0.25, -0.2) is 9.59 Å². The monoisotopic (exact) mass is 310 g/mol. The largest absolute Gasteiger partial charge is 0.448 e. The molecule has 2 atom stereocenters. The van der Waals surface area contributed by atoms with E-state index in [0.717, 1.165) is 23.6 Å². The molecule has 0 N–H and O–H groups in total. The van der Waals surface area contributed by atoms with Gasteiger partial charge in [0.15, 0.2) is 0 Å². The van der Waals surface area contributed by atoms with Crippen molar-refractivity contribution < 1.29 is 19.1 Å². The number of hydrazone groups is 1. The predicted molar refractivity (Wildman–Crippen MR) is 82.5 cm³/mol. The summed E-state index contributed by atoms with van der Waals surface area (Å²) < 4.78 is 9.85. The van der Waals surface area contributed by atoms with Crippen molar-refractivity contribution in [2.24, 2.45) is 21.8 Å². The maximum atomic E-state index is 12.0. The predicted octanol–water partition coefficient (Wildman–Crippen LogP) is 3.80. The highest BCUT2D eigenvalue weighted by atomic mass is 16.6. The fourth-order valence-corrected chi connectivity index (χ4v) is 3.73. The second-order valence-electron chi connectivity index (χ2n) is 6.75. The van der Waals surface area contributed by atoms with E-state index in [4.69, 9.17) is 9.47 Å². The first-order valence-electron chi connectivity index (χ1n) is 7.99. The third-order valence-corrected chi connectivity index (χ3v) is 5.61. The van der Waals surface area contributed by atoms with Gasteiger partial charge < -0.3 is 9.47 Å². The smallest absolute Gasteiger partial charge is 0.440 e. The molecule has 0 aliphatic heterocycles. The van der Waals surface area contributed by atoms with Gasteiger partial charge in [-0.3, -0.25) is 0 Å². The Labute approximate surface area is 131 Å². The number of rotatable bonds is 3. The molecule has 2 aliphatic rings. The first-order chi connectivity index (χ1) is 10.3. The Balaban J connectivity index is 2.30. The van der Waals surface area contributed by atoms with Crippen LogP contribution in [0.1, 0.15) is 53.9 Å². The second kappa shape index (κ2) is 5.89. The normalized spacial score (nSPS) is 30.4. The lowest BCUT2D eigenvalue weighted by molar-refractivity contribution is 0.0816. The van der Waals surface area contributed by atoms with Crippen molar-refractivity contribution in [1.29, 1.82) is 0 Å². The number of nitrogens with zero attached hydrogens (tertiary/aromatic N) is 2. The lowest BCUT2D eigenvalue weighted by atomic mass is 9.70. The minimum absolute atomic E-state index is 0.0884. The van der Waals surface area contributed by atoms with Gasteiger partial charge in [0.2, 0.25) is 0 Å². The lowest BCUT2D eigenvalue weighted by Crippen LogP contribution is -2.38. The Kier molecular flexibility index (Phi) is 4.49. The summed E-state index contributed by atoms with van der Waals surface area (Å²) in [5, 5.41) is 5.10. The van der Waals surface area contributed by atoms with E-state index in [-0.39, 0.29) is 24.0 Å². The van der Waals surface area contributed by atoms with Gasteiger partial charge in [0.1, 0.15) is 0 Å². The highest BCUT2D eigenvalue weighted by molar-refractivity contribution is 5.97. The number of carbonyl (C=O) groups is 2. The molecule has 0 saturated heterocycles. The average molecular weight is 310 g/mol. The number of hydrogen-bond acceptors (Lipinski definition) is 5. The SMILES string of the molecule is CCOC(=O)N(/N=C1\C[C@H]2CC[C@]1(C)C2(C)C)C(=O)OCC. The molecule has 2 bridgehead atoms. The van der Waals surface area contributed by atoms with Gasteiger partial charge in [0.05, 0.1) is 13.2 Å². The molecule has 2 saturated carbocycles. The van der Waals surface area contributed by atoms with E-state index in [1.807, 2.05) is 0 Å². The fourth-order valence-electron chi connectivity index (χ4n) is 3.73. The Hall–Kier alpha value is -1.59. The van der Waals surface area contributed by atoms with Crippen LogP contribution in [0.25, 0.3) is 0 Å². The van der Waals surface area contributed by atoms with Crippen molar-refractivity contribution in [3.8, 4) is 0 Å². The van der Waals surface area contributed by atoms with Crippen LogP contribution in [-0.4, -0.2) is 36.1 Å². The summed E-state index contributed by atoms with van der Waals surface area (Å²) in [6.07, 6.45) is 1.46. The van der Waals surface area contributed by atoms with E-state index >= 15 is 0 Å². The number of imide groups is 1. The summed E-state index contributed by atoms with van der Waals surface area (Å²) in [6, 6.07) is 0. The van der Waals surface area contributed by atoms with Crippen LogP contribution in [0, 0.1) is 16.7 Å². The van der Waals surface area contributed by atoms with E-state index < -0.39 is 12.2 Å². The molecule has 0 aromatic heterocycles. The van der Waals surface area contributed by atoms with Crippen LogP contribution in [0.2, 0.25) is 0 Å². The van der Waals surface area contributed by atoms with Crippen molar-refractivity contribution >= 4 is 17.9 Å². The van der Waals surface area contributed by atoms with Crippen LogP contribution >= 0.6 is 0 Å². The van der Waals surface area contributed by atoms with Gasteiger partial charge in [-0.05, 0) is 44.4 Å². The molecular formula is C16H26N2O4. The zero-order valence-corrected chi connectivity index (χ0v) is 14.1. The van der Waals surface area contributed by atoms with Gasteiger partial charge in [-0.2, -0.15) is 5.10 Å². The Morgan fingerprint density at radius 1 is 1.18 bits per heavy atom. The van der Waals surface area contributed by atoms with Crippen LogP contribution in [0.3, 0.4) is 0 Å². The molecule has 6 nitrogen and oxygen atoms in total. The van der Waals surface area contributed by atoms with E-state index in [9.17, 15) is 9.59 Å². The quantitative estimate of drug-likeness (QED) is 0.743. The Morgan fingerprint density at radius 2 is 1.73 bits per heavy atom. The van der Waals surface area contributed by atoms with Crippen molar-refractivity contribution in [3.05, 3.63) is 0 Å². The molecule has 0 aromatic carbocycles. The molecule has 124 valence electrons. The third-order valence-electron chi connectivity index (χ3n) is 5.61. The van der Waals surface area contributed by atoms with Gasteiger partial charge in [-0.1, -0.05) is 25.8 Å². The standard InChI is InChI=1S/C16H26N2O4/c1-6-21-13(19)18(14(20)22-7-2)17-12-10-11-8-9-16(12,5)15(11,3)4/h11H,6-10H2,1-5H3/b17-12+/t11-,16+/m1/s1. The number of amides is 2. The topological polar surface area (TPSA) is 68.2 Å². The average Bonchev–Trinajstić information content (AvgIpc) is 2.78. The molecule has 0 unspecified atom stereocenters. The first kappa shape index (κ1) is 16.8. The summed E-state index contributed by atoms with van der Waals surface area (Å²) in [6.45, 7) is 10.4. The molecular weight excluding hydrogens is 284 g/mol. The molecule has 2 fully saturated rings. The lowest BCUT2D eigenvalue weighted by Gasteiger charge is -2.34. The van der Waals surface area contributed by atoms with Gasteiger partial charge in [-0.15, -0.1) is 0 Å². The van der Waals surface area contributed by atoms with Crippen LogP contribution < -0.4 is 0 Å². The summed E-state index contributed by atoms with van der Waals surface area (Å²) in [5.74, 6) is 0.544. The molecule has 0 aromatic rings. The van der Waals surface area contributed by atoms with Gasteiger partial charge in [0, 0.05) is 11.1 Å². The number of carbonyl (C=O) groups excluding carboxylic acids is 2. The number of ether oxygens (including phenoxy) is 2. The van der Waals surface area contributed by atoms with Gasteiger partial charge >= 0.3 is 12.2 Å². The van der Waals surface area contributed by atoms with Crippen LogP contribution in [-0.2, 0) is 9.47 Å². The first-order valence-corrected chi connectivity index (χ1v) is 7.99. The molecule has 0 heterocycles. The molecule has 2 rings (SSSR count). The summed E-state index contributed by atoms with van der Waals surface area (Å²) in [7, 11) is 0. The number of fused-ring (bicyclic) bond motifs is 2. The maximum absolute atomic E-state index is 12.0. The Morgan fingerprint density at radius 3 is 2.09 bits per heavy atom. The molecule has 22 heavy (non-hydrogen) atoms. The Bertz CT molecular complexity index is 482. The van der Waals surface area contributed by atoms with E-state index in [2.05, 4.69) is 25.9 Å². The number of hydrogen-bond donors (Lipinski definition) is 0. The highest BCUT2D eigenvalue weighted by Gasteiger charge is 2.60. The maximum Gasteiger partial charge on any atom is 0.440 e. The molecule has 0 spiro atoms. The highest BCUT2D eigenvalue weighted by Crippen LogP contribution is 2.64. The van der Waals surface area contributed by atoms with Crippen LogP contribution in [0.4, 0.5) is 9.59 Å². The summed E-state index contributed by atoms with van der Waals surface area (Å²) in [4.78, 5) is 24.0. The van der Waals surface area contributed by atoms with Crippen LogP contribution in [0.15, 0.2) is 5.10 Å². The van der Waals surface area contributed by atoms with Crippen molar-refractivity contribution in [2.75, 3.05) is 13.2 Å². The minimum atomic E-state index is -0.780. The van der Waals surface area contributed by atoms with Crippen molar-refractivity contribution in [3.63, 3.8) is 0 Å². The fraction of sp³-hybridized carbons (Fsp3) is 0.812. The zero-order valence-electron chi connectivity index (χ0n) is 14.1. The molecule has 0 radical (unpaired) electrons. The zero-order chi connectivity index (χ0) is 16.5. The minimum Gasteiger partial charge on any atom is -0.448 e. The van der Waals surface area contributed by atoms with E-state index in [1.54, 1.807) is 13.8 Å². The van der Waals surface area contributed by atoms with E-state index in [1.165, 1.54) is 6.42 Å². The van der Waals surface area contributed by atoms with Crippen LogP contribution in [0.5, 0.6) is 0 Å². The molecule has 6 heteroatoms. The van der Waals surface area contributed by atoms with Gasteiger partial charge in [0.25, 0.3) is 0 Å². The summed E-state index contributed by atoms with van der Waals surface area (Å²) in [5.41, 5.74) is 0.935. The van der Waals surface area contributed by atoms with Crippen molar-refractivity contribution in [2.45, 2.75) is 53.9 Å². The van der Waals surface area contributed by atoms with E-state index in [0.29, 0.717) is 5.92 Å². The third kappa shape index (κ3) is 2.48. The molecule has 2 aliphatic carbocycles.